The smallest absolute Gasteiger partial charge is 0.345 e. The Morgan fingerprint density at radius 2 is 2.10 bits per heavy atom. The Balaban J connectivity index is 1.66. The number of nitro groups is 1. The summed E-state index contributed by atoms with van der Waals surface area (Å²) in [5, 5.41) is 25.5. The molecule has 0 aliphatic heterocycles. The predicted octanol–water partition coefficient (Wildman–Crippen LogP) is 4.94. The average Bonchev–Trinajstić information content (AvgIpc) is 3.24. The minimum atomic E-state index is -0.715. The van der Waals surface area contributed by atoms with Crippen molar-refractivity contribution in [2.45, 2.75) is 0 Å². The van der Waals surface area contributed by atoms with E-state index in [-0.39, 0.29) is 27.5 Å². The molecule has 4 rings (SSSR count). The maximum Gasteiger partial charge on any atom is 0.345 e. The molecule has 8 nitrogen and oxygen atoms in total. The number of hydrogen-bond acceptors (Lipinski definition) is 8. The summed E-state index contributed by atoms with van der Waals surface area (Å²) in [6, 6.07) is 13.7. The highest BCUT2D eigenvalue weighted by Gasteiger charge is 2.15. The van der Waals surface area contributed by atoms with E-state index in [0.717, 1.165) is 34.9 Å². The van der Waals surface area contributed by atoms with Gasteiger partial charge < -0.3 is 9.73 Å². The Hall–Kier alpha value is -4.36. The Bertz CT molecular complexity index is 1450. The van der Waals surface area contributed by atoms with Crippen molar-refractivity contribution >= 4 is 39.3 Å². The Morgan fingerprint density at radius 3 is 2.87 bits per heavy atom. The van der Waals surface area contributed by atoms with Crippen molar-refractivity contribution in [1.29, 1.82) is 5.26 Å². The van der Waals surface area contributed by atoms with Crippen LogP contribution in [0.4, 0.5) is 15.8 Å². The molecule has 0 amide bonds. The van der Waals surface area contributed by atoms with E-state index < -0.39 is 16.4 Å². The van der Waals surface area contributed by atoms with Crippen LogP contribution >= 0.6 is 11.3 Å². The molecule has 2 aromatic heterocycles. The number of nitro benzene ring substituents is 1. The summed E-state index contributed by atoms with van der Waals surface area (Å²) in [5.74, 6) is -0.715. The lowest BCUT2D eigenvalue weighted by Crippen LogP contribution is -2.03. The second-order valence-corrected chi connectivity index (χ2v) is 7.12. The number of nitriles is 1. The van der Waals surface area contributed by atoms with E-state index in [2.05, 4.69) is 10.3 Å². The molecule has 0 aliphatic carbocycles. The van der Waals surface area contributed by atoms with Gasteiger partial charge in [-0.15, -0.1) is 11.3 Å². The highest BCUT2D eigenvalue weighted by atomic mass is 32.1. The summed E-state index contributed by atoms with van der Waals surface area (Å²) in [5.41, 5.74) is 0.0808. The van der Waals surface area contributed by atoms with Crippen LogP contribution in [0.3, 0.4) is 0 Å². The molecule has 0 unspecified atom stereocenters. The number of nitrogens with one attached hydrogen (secondary N) is 1. The van der Waals surface area contributed by atoms with Crippen molar-refractivity contribution in [3.63, 3.8) is 0 Å². The predicted molar refractivity (Wildman–Crippen MR) is 114 cm³/mol. The van der Waals surface area contributed by atoms with Crippen LogP contribution in [0.25, 0.3) is 27.8 Å². The first kappa shape index (κ1) is 19.9. The molecule has 0 radical (unpaired) electrons. The number of nitrogens with zero attached hydrogens (tertiary/aromatic N) is 3. The minimum Gasteiger partial charge on any atom is -0.422 e. The van der Waals surface area contributed by atoms with Gasteiger partial charge in [0, 0.05) is 29.1 Å². The highest BCUT2D eigenvalue weighted by Crippen LogP contribution is 2.27. The molecule has 1 N–H and O–H groups in total. The maximum absolute atomic E-state index is 13.9. The van der Waals surface area contributed by atoms with Gasteiger partial charge in [-0.2, -0.15) is 5.26 Å². The van der Waals surface area contributed by atoms with Crippen molar-refractivity contribution in [1.82, 2.24) is 4.98 Å². The van der Waals surface area contributed by atoms with Gasteiger partial charge in [0.15, 0.2) is 0 Å². The van der Waals surface area contributed by atoms with Crippen LogP contribution < -0.4 is 10.9 Å². The van der Waals surface area contributed by atoms with E-state index in [1.165, 1.54) is 6.20 Å². The zero-order valence-corrected chi connectivity index (χ0v) is 16.4. The van der Waals surface area contributed by atoms with Crippen molar-refractivity contribution in [2.75, 3.05) is 5.32 Å². The molecule has 0 fully saturated rings. The van der Waals surface area contributed by atoms with E-state index in [0.29, 0.717) is 11.3 Å². The van der Waals surface area contributed by atoms with Crippen molar-refractivity contribution in [2.24, 2.45) is 0 Å². The Kier molecular flexibility index (Phi) is 5.26. The standard InChI is InChI=1S/C21H11FN4O4S/c22-16-6-5-14(26(28)29)8-17(16)24-10-13(9-23)20-25-18(11-31-20)15-7-12-3-1-2-4-19(12)30-21(15)27/h1-8,10-11,24H/b13-10+. The average molecular weight is 434 g/mol. The first-order valence-corrected chi connectivity index (χ1v) is 9.64. The molecule has 2 heterocycles. The van der Waals surface area contributed by atoms with Crippen LogP contribution in [0.5, 0.6) is 0 Å². The Morgan fingerprint density at radius 1 is 1.29 bits per heavy atom. The number of hydrogen-bond donors (Lipinski definition) is 1. The van der Waals surface area contributed by atoms with Gasteiger partial charge in [-0.25, -0.2) is 14.2 Å². The van der Waals surface area contributed by atoms with E-state index in [4.69, 9.17) is 4.42 Å². The van der Waals surface area contributed by atoms with Crippen molar-refractivity contribution in [3.05, 3.63) is 91.5 Å². The first-order valence-electron chi connectivity index (χ1n) is 8.76. The fourth-order valence-electron chi connectivity index (χ4n) is 2.79. The van der Waals surface area contributed by atoms with Gasteiger partial charge >= 0.3 is 5.63 Å². The van der Waals surface area contributed by atoms with Gasteiger partial charge in [-0.1, -0.05) is 18.2 Å². The third-order valence-corrected chi connectivity index (χ3v) is 5.18. The number of fused-ring (bicyclic) bond motifs is 1. The number of anilines is 1. The second kappa shape index (κ2) is 8.17. The third-order valence-electron chi connectivity index (χ3n) is 4.31. The summed E-state index contributed by atoms with van der Waals surface area (Å²) < 4.78 is 19.2. The molecular weight excluding hydrogens is 423 g/mol. The molecule has 4 aromatic rings. The number of non-ortho nitro benzene ring substituents is 1. The molecular formula is C21H11FN4O4S. The zero-order chi connectivity index (χ0) is 22.0. The number of allylic oxidation sites excluding steroid dienone is 1. The second-order valence-electron chi connectivity index (χ2n) is 6.26. The van der Waals surface area contributed by atoms with Crippen LogP contribution in [-0.2, 0) is 0 Å². The highest BCUT2D eigenvalue weighted by molar-refractivity contribution is 7.11. The van der Waals surface area contributed by atoms with Crippen LogP contribution in [0.1, 0.15) is 5.01 Å². The van der Waals surface area contributed by atoms with Crippen molar-refractivity contribution in [3.8, 4) is 17.3 Å². The lowest BCUT2D eigenvalue weighted by Gasteiger charge is -2.03. The molecule has 0 saturated heterocycles. The van der Waals surface area contributed by atoms with Crippen LogP contribution in [0.2, 0.25) is 0 Å². The molecule has 0 aliphatic rings. The third kappa shape index (κ3) is 4.03. The Labute approximate surface area is 177 Å². The normalized spacial score (nSPS) is 11.3. The van der Waals surface area contributed by atoms with Crippen LogP contribution in [-0.4, -0.2) is 9.91 Å². The fourth-order valence-corrected chi connectivity index (χ4v) is 3.58. The largest absolute Gasteiger partial charge is 0.422 e. The zero-order valence-electron chi connectivity index (χ0n) is 15.5. The van der Waals surface area contributed by atoms with Gasteiger partial charge in [-0.3, -0.25) is 10.1 Å². The molecule has 0 saturated carbocycles. The van der Waals surface area contributed by atoms with E-state index in [1.807, 2.05) is 12.1 Å². The summed E-state index contributed by atoms with van der Waals surface area (Å²) in [7, 11) is 0. The lowest BCUT2D eigenvalue weighted by atomic mass is 10.1. The van der Waals surface area contributed by atoms with E-state index >= 15 is 0 Å². The van der Waals surface area contributed by atoms with Gasteiger partial charge in [0.1, 0.15) is 28.1 Å². The molecule has 31 heavy (non-hydrogen) atoms. The number of halogens is 1. The van der Waals surface area contributed by atoms with Gasteiger partial charge in [0.25, 0.3) is 5.69 Å². The topological polar surface area (TPSA) is 122 Å². The molecule has 0 spiro atoms. The SMILES string of the molecule is N#C/C(=C\Nc1cc([N+](=O)[O-])ccc1F)c1nc(-c2cc3ccccc3oc2=O)cs1. The van der Waals surface area contributed by atoms with Gasteiger partial charge in [-0.05, 0) is 18.2 Å². The molecule has 0 bridgehead atoms. The van der Waals surface area contributed by atoms with Crippen LogP contribution in [0.15, 0.2) is 69.3 Å². The number of rotatable bonds is 5. The fraction of sp³-hybridized carbons (Fsp3) is 0. The van der Waals surface area contributed by atoms with E-state index in [9.17, 15) is 24.6 Å². The monoisotopic (exact) mass is 434 g/mol. The quantitative estimate of drug-likeness (QED) is 0.204. The molecule has 152 valence electrons. The maximum atomic E-state index is 13.9. The number of benzene rings is 2. The minimum absolute atomic E-state index is 0.0623. The molecule has 0 atom stereocenters. The van der Waals surface area contributed by atoms with Crippen molar-refractivity contribution < 1.29 is 13.7 Å². The molecule has 2 aromatic carbocycles. The number of para-hydroxylation sites is 1. The summed E-state index contributed by atoms with van der Waals surface area (Å²) in [6.45, 7) is 0. The summed E-state index contributed by atoms with van der Waals surface area (Å²) in [4.78, 5) is 26.9. The first-order chi connectivity index (χ1) is 15.0. The number of thiazole rings is 1. The lowest BCUT2D eigenvalue weighted by molar-refractivity contribution is -0.384. The molecule has 10 heteroatoms. The van der Waals surface area contributed by atoms with E-state index in [1.54, 1.807) is 29.6 Å². The summed E-state index contributed by atoms with van der Waals surface area (Å²) >= 11 is 1.11. The van der Waals surface area contributed by atoms with Gasteiger partial charge in [0.05, 0.1) is 21.9 Å². The number of aromatic nitrogens is 1. The van der Waals surface area contributed by atoms with Crippen LogP contribution in [0, 0.1) is 27.3 Å². The summed E-state index contributed by atoms with van der Waals surface area (Å²) in [6.07, 6.45) is 1.20. The van der Waals surface area contributed by atoms with Gasteiger partial charge in [0.2, 0.25) is 0 Å².